The summed E-state index contributed by atoms with van der Waals surface area (Å²) in [7, 11) is 0. The van der Waals surface area contributed by atoms with Crippen molar-refractivity contribution in [2.75, 3.05) is 6.61 Å². The number of rotatable bonds is 4. The summed E-state index contributed by atoms with van der Waals surface area (Å²) >= 11 is 0. The topological polar surface area (TPSA) is 102 Å². The number of hydrogen-bond acceptors (Lipinski definition) is 5. The lowest BCUT2D eigenvalue weighted by Crippen LogP contribution is -2.13. The zero-order valence-electron chi connectivity index (χ0n) is 7.46. The number of aliphatic hydroxyl groups excluding tert-OH is 1. The molecule has 0 aliphatic heterocycles. The molecule has 1 atom stereocenters. The lowest BCUT2D eigenvalue weighted by atomic mass is 10.1. The molecular formula is C8H11N3O3. The van der Waals surface area contributed by atoms with E-state index in [2.05, 4.69) is 4.98 Å². The predicted molar refractivity (Wildman–Crippen MR) is 49.5 cm³/mol. The molecule has 0 spiro atoms. The summed E-state index contributed by atoms with van der Waals surface area (Å²) in [5.74, 6) is 0. The molecule has 0 aliphatic carbocycles. The van der Waals surface area contributed by atoms with Crippen molar-refractivity contribution in [1.82, 2.24) is 4.98 Å². The molecule has 3 N–H and O–H groups in total. The van der Waals surface area contributed by atoms with Crippen molar-refractivity contribution >= 4 is 5.69 Å². The average molecular weight is 197 g/mol. The van der Waals surface area contributed by atoms with Crippen LogP contribution in [-0.2, 0) is 0 Å². The van der Waals surface area contributed by atoms with Gasteiger partial charge in [-0.25, -0.2) is 0 Å². The normalized spacial score (nSPS) is 12.4. The van der Waals surface area contributed by atoms with E-state index in [0.717, 1.165) is 6.20 Å². The Morgan fingerprint density at radius 2 is 2.36 bits per heavy atom. The van der Waals surface area contributed by atoms with Gasteiger partial charge in [0.05, 0.1) is 10.6 Å². The Morgan fingerprint density at radius 1 is 1.64 bits per heavy atom. The summed E-state index contributed by atoms with van der Waals surface area (Å²) in [4.78, 5) is 13.6. The Hall–Kier alpha value is -1.53. The van der Waals surface area contributed by atoms with Crippen LogP contribution in [0.25, 0.3) is 0 Å². The average Bonchev–Trinajstić information content (AvgIpc) is 2.18. The molecule has 14 heavy (non-hydrogen) atoms. The van der Waals surface area contributed by atoms with Crippen molar-refractivity contribution < 1.29 is 10.0 Å². The maximum atomic E-state index is 10.3. The lowest BCUT2D eigenvalue weighted by Gasteiger charge is -2.07. The van der Waals surface area contributed by atoms with E-state index in [1.807, 2.05) is 0 Å². The highest BCUT2D eigenvalue weighted by atomic mass is 16.6. The molecule has 1 rings (SSSR count). The number of nitrogens with zero attached hydrogens (tertiary/aromatic N) is 2. The molecule has 6 heteroatoms. The first-order valence-corrected chi connectivity index (χ1v) is 4.12. The Labute approximate surface area is 80.5 Å². The van der Waals surface area contributed by atoms with Crippen LogP contribution in [0.3, 0.4) is 0 Å². The van der Waals surface area contributed by atoms with Crippen LogP contribution in [0.1, 0.15) is 18.2 Å². The molecule has 0 saturated heterocycles. The number of aliphatic hydroxyl groups is 1. The van der Waals surface area contributed by atoms with Crippen molar-refractivity contribution in [2.24, 2.45) is 5.73 Å². The largest absolute Gasteiger partial charge is 0.396 e. The van der Waals surface area contributed by atoms with Gasteiger partial charge < -0.3 is 10.8 Å². The van der Waals surface area contributed by atoms with Crippen molar-refractivity contribution in [3.8, 4) is 0 Å². The highest BCUT2D eigenvalue weighted by Crippen LogP contribution is 2.14. The van der Waals surface area contributed by atoms with Gasteiger partial charge in [-0.1, -0.05) is 0 Å². The lowest BCUT2D eigenvalue weighted by molar-refractivity contribution is -0.385. The molecule has 0 fully saturated rings. The molecule has 6 nitrogen and oxygen atoms in total. The SMILES string of the molecule is NC(CCO)c1ccc([N+](=O)[O-])cn1. The third-order valence-electron chi connectivity index (χ3n) is 1.80. The third-order valence-corrected chi connectivity index (χ3v) is 1.80. The van der Waals surface area contributed by atoms with Crippen molar-refractivity contribution in [3.63, 3.8) is 0 Å². The van der Waals surface area contributed by atoms with Crippen LogP contribution >= 0.6 is 0 Å². The number of aromatic nitrogens is 1. The van der Waals surface area contributed by atoms with Gasteiger partial charge in [0, 0.05) is 18.7 Å². The molecule has 1 aromatic heterocycles. The fourth-order valence-electron chi connectivity index (χ4n) is 1.01. The molecule has 0 bridgehead atoms. The number of nitro groups is 1. The molecule has 0 aromatic carbocycles. The van der Waals surface area contributed by atoms with Crippen LogP contribution in [-0.4, -0.2) is 21.6 Å². The quantitative estimate of drug-likeness (QED) is 0.536. The summed E-state index contributed by atoms with van der Waals surface area (Å²) in [6, 6.07) is 2.47. The summed E-state index contributed by atoms with van der Waals surface area (Å²) in [5.41, 5.74) is 6.12. The van der Waals surface area contributed by atoms with Crippen LogP contribution in [0.4, 0.5) is 5.69 Å². The zero-order valence-corrected chi connectivity index (χ0v) is 7.46. The number of pyridine rings is 1. The minimum absolute atomic E-state index is 0.0279. The van der Waals surface area contributed by atoms with E-state index in [4.69, 9.17) is 10.8 Å². The highest BCUT2D eigenvalue weighted by molar-refractivity contribution is 5.27. The monoisotopic (exact) mass is 197 g/mol. The first-order chi connectivity index (χ1) is 6.65. The smallest absolute Gasteiger partial charge is 0.287 e. The van der Waals surface area contributed by atoms with Gasteiger partial charge in [0.1, 0.15) is 6.20 Å². The van der Waals surface area contributed by atoms with Gasteiger partial charge in [-0.2, -0.15) is 0 Å². The summed E-state index contributed by atoms with van der Waals surface area (Å²) in [5, 5.41) is 18.9. The molecule has 1 aromatic rings. The van der Waals surface area contributed by atoms with Gasteiger partial charge in [-0.15, -0.1) is 0 Å². The van der Waals surface area contributed by atoms with E-state index >= 15 is 0 Å². The highest BCUT2D eigenvalue weighted by Gasteiger charge is 2.09. The predicted octanol–water partition coefficient (Wildman–Crippen LogP) is 0.372. The van der Waals surface area contributed by atoms with Crippen molar-refractivity contribution in [1.29, 1.82) is 0 Å². The standard InChI is InChI=1S/C8H11N3O3/c9-7(3-4-12)8-2-1-6(5-10-8)11(13)14/h1-2,5,7,12H,3-4,9H2. The van der Waals surface area contributed by atoms with Gasteiger partial charge in [0.25, 0.3) is 5.69 Å². The van der Waals surface area contributed by atoms with E-state index in [9.17, 15) is 10.1 Å². The number of nitrogens with two attached hydrogens (primary N) is 1. The second-order valence-corrected chi connectivity index (χ2v) is 2.82. The van der Waals surface area contributed by atoms with Crippen LogP contribution in [0.15, 0.2) is 18.3 Å². The molecule has 0 saturated carbocycles. The minimum Gasteiger partial charge on any atom is -0.396 e. The zero-order chi connectivity index (χ0) is 10.6. The van der Waals surface area contributed by atoms with Crippen molar-refractivity contribution in [3.05, 3.63) is 34.1 Å². The summed E-state index contributed by atoms with van der Waals surface area (Å²) in [6.07, 6.45) is 1.55. The van der Waals surface area contributed by atoms with Gasteiger partial charge in [0.15, 0.2) is 0 Å². The van der Waals surface area contributed by atoms with E-state index in [1.54, 1.807) is 0 Å². The summed E-state index contributed by atoms with van der Waals surface area (Å²) < 4.78 is 0. The van der Waals surface area contributed by atoms with E-state index in [0.29, 0.717) is 12.1 Å². The maximum Gasteiger partial charge on any atom is 0.287 e. The number of hydrogen-bond donors (Lipinski definition) is 2. The van der Waals surface area contributed by atoms with Gasteiger partial charge in [-0.05, 0) is 12.5 Å². The molecule has 0 aliphatic rings. The Kier molecular flexibility index (Phi) is 3.49. The first-order valence-electron chi connectivity index (χ1n) is 4.12. The van der Waals surface area contributed by atoms with Gasteiger partial charge in [-0.3, -0.25) is 15.1 Å². The second-order valence-electron chi connectivity index (χ2n) is 2.82. The van der Waals surface area contributed by atoms with Gasteiger partial charge >= 0.3 is 0 Å². The van der Waals surface area contributed by atoms with Crippen LogP contribution < -0.4 is 5.73 Å². The van der Waals surface area contributed by atoms with E-state index in [1.165, 1.54) is 12.1 Å². The summed E-state index contributed by atoms with van der Waals surface area (Å²) in [6.45, 7) is -0.0279. The second kappa shape index (κ2) is 4.64. The first kappa shape index (κ1) is 10.6. The van der Waals surface area contributed by atoms with E-state index in [-0.39, 0.29) is 18.3 Å². The fraction of sp³-hybridized carbons (Fsp3) is 0.375. The molecule has 0 amide bonds. The van der Waals surface area contributed by atoms with Gasteiger partial charge in [0.2, 0.25) is 0 Å². The Morgan fingerprint density at radius 3 is 2.79 bits per heavy atom. The third kappa shape index (κ3) is 2.48. The fourth-order valence-corrected chi connectivity index (χ4v) is 1.01. The molecule has 1 heterocycles. The maximum absolute atomic E-state index is 10.3. The molecule has 0 radical (unpaired) electrons. The van der Waals surface area contributed by atoms with E-state index < -0.39 is 4.92 Å². The molecule has 1 unspecified atom stereocenters. The molecular weight excluding hydrogens is 186 g/mol. The Balaban J connectivity index is 2.77. The van der Waals surface area contributed by atoms with Crippen LogP contribution in [0.5, 0.6) is 0 Å². The molecule has 76 valence electrons. The Bertz CT molecular complexity index is 312. The minimum atomic E-state index is -0.519. The van der Waals surface area contributed by atoms with Crippen molar-refractivity contribution in [2.45, 2.75) is 12.5 Å². The van der Waals surface area contributed by atoms with Crippen LogP contribution in [0, 0.1) is 10.1 Å². The van der Waals surface area contributed by atoms with Crippen LogP contribution in [0.2, 0.25) is 0 Å².